The van der Waals surface area contributed by atoms with Crippen molar-refractivity contribution in [3.63, 3.8) is 0 Å². The van der Waals surface area contributed by atoms with Crippen molar-refractivity contribution >= 4 is 17.8 Å². The lowest BCUT2D eigenvalue weighted by Gasteiger charge is -2.27. The van der Waals surface area contributed by atoms with E-state index in [9.17, 15) is 4.79 Å². The van der Waals surface area contributed by atoms with Crippen molar-refractivity contribution < 1.29 is 4.79 Å². The first-order valence-corrected chi connectivity index (χ1v) is 7.57. The molecule has 1 aliphatic rings. The summed E-state index contributed by atoms with van der Waals surface area (Å²) in [7, 11) is 3.75. The van der Waals surface area contributed by atoms with E-state index in [1.165, 1.54) is 0 Å². The Morgan fingerprint density at radius 2 is 1.91 bits per heavy atom. The summed E-state index contributed by atoms with van der Waals surface area (Å²) in [6, 6.07) is 0.0379. The zero-order valence-electron chi connectivity index (χ0n) is 13.8. The zero-order valence-corrected chi connectivity index (χ0v) is 13.8. The lowest BCUT2D eigenvalue weighted by atomic mass is 10.2. The van der Waals surface area contributed by atoms with E-state index in [0.717, 1.165) is 32.6 Å². The molecule has 1 fully saturated rings. The van der Waals surface area contributed by atoms with Gasteiger partial charge in [0, 0.05) is 47.2 Å². The van der Waals surface area contributed by atoms with Crippen molar-refractivity contribution in [2.24, 2.45) is 0 Å². The van der Waals surface area contributed by atoms with Crippen molar-refractivity contribution in [1.29, 1.82) is 0 Å². The number of hydrogen-bond donors (Lipinski definition) is 1. The van der Waals surface area contributed by atoms with E-state index >= 15 is 0 Å². The standard InChI is InChI=1S/C14H25N7O/c1-10(12-16-13(15)18-14(17-12)19(3)4)20-6-5-7-21(9-8-20)11(2)22/h10H,5-9H2,1-4H3,(H2,15,16,17,18)/t10-/m0/s1. The predicted octanol–water partition coefficient (Wildman–Crippen LogP) is 0.135. The van der Waals surface area contributed by atoms with Crippen LogP contribution >= 0.6 is 0 Å². The van der Waals surface area contributed by atoms with Crippen molar-refractivity contribution in [2.75, 3.05) is 50.9 Å². The highest BCUT2D eigenvalue weighted by atomic mass is 16.2. The van der Waals surface area contributed by atoms with Gasteiger partial charge >= 0.3 is 0 Å². The molecule has 1 atom stereocenters. The second kappa shape index (κ2) is 6.87. The molecule has 0 spiro atoms. The van der Waals surface area contributed by atoms with Crippen LogP contribution in [0.1, 0.15) is 32.1 Å². The number of aromatic nitrogens is 3. The molecule has 0 aliphatic carbocycles. The van der Waals surface area contributed by atoms with Gasteiger partial charge in [-0.25, -0.2) is 0 Å². The Balaban J connectivity index is 2.14. The quantitative estimate of drug-likeness (QED) is 0.849. The molecule has 2 N–H and O–H groups in total. The van der Waals surface area contributed by atoms with Gasteiger partial charge in [-0.15, -0.1) is 0 Å². The van der Waals surface area contributed by atoms with Crippen molar-refractivity contribution in [2.45, 2.75) is 26.3 Å². The zero-order chi connectivity index (χ0) is 16.3. The molecule has 22 heavy (non-hydrogen) atoms. The van der Waals surface area contributed by atoms with E-state index in [1.807, 2.05) is 23.9 Å². The molecule has 8 heteroatoms. The van der Waals surface area contributed by atoms with Crippen LogP contribution < -0.4 is 10.6 Å². The maximum Gasteiger partial charge on any atom is 0.229 e. The first-order chi connectivity index (χ1) is 10.4. The number of amides is 1. The van der Waals surface area contributed by atoms with Crippen molar-refractivity contribution in [3.8, 4) is 0 Å². The van der Waals surface area contributed by atoms with Gasteiger partial charge in [0.2, 0.25) is 17.8 Å². The molecule has 122 valence electrons. The van der Waals surface area contributed by atoms with E-state index < -0.39 is 0 Å². The topological polar surface area (TPSA) is 91.5 Å². The summed E-state index contributed by atoms with van der Waals surface area (Å²) in [5.74, 6) is 1.61. The molecule has 1 aromatic rings. The highest BCUT2D eigenvalue weighted by Gasteiger charge is 2.23. The largest absolute Gasteiger partial charge is 0.368 e. The highest BCUT2D eigenvalue weighted by Crippen LogP contribution is 2.20. The van der Waals surface area contributed by atoms with Crippen LogP contribution in [0.4, 0.5) is 11.9 Å². The molecule has 0 bridgehead atoms. The number of nitrogens with zero attached hydrogens (tertiary/aromatic N) is 6. The maximum atomic E-state index is 11.5. The summed E-state index contributed by atoms with van der Waals surface area (Å²) >= 11 is 0. The fraction of sp³-hybridized carbons (Fsp3) is 0.714. The molecule has 1 aromatic heterocycles. The van der Waals surface area contributed by atoms with Crippen molar-refractivity contribution in [1.82, 2.24) is 24.8 Å². The first-order valence-electron chi connectivity index (χ1n) is 7.57. The van der Waals surface area contributed by atoms with Crippen LogP contribution in [0.15, 0.2) is 0 Å². The molecule has 0 aromatic carbocycles. The fourth-order valence-corrected chi connectivity index (χ4v) is 2.59. The average Bonchev–Trinajstić information content (AvgIpc) is 2.71. The van der Waals surface area contributed by atoms with Crippen LogP contribution in [0.3, 0.4) is 0 Å². The molecule has 2 rings (SSSR count). The second-order valence-corrected chi connectivity index (χ2v) is 5.82. The Kier molecular flexibility index (Phi) is 5.12. The lowest BCUT2D eigenvalue weighted by Crippen LogP contribution is -2.35. The Morgan fingerprint density at radius 1 is 1.18 bits per heavy atom. The number of nitrogens with two attached hydrogens (primary N) is 1. The van der Waals surface area contributed by atoms with E-state index in [1.54, 1.807) is 6.92 Å². The SMILES string of the molecule is CC(=O)N1CCCN([C@@H](C)c2nc(N)nc(N(C)C)n2)CC1. The Labute approximate surface area is 131 Å². The summed E-state index contributed by atoms with van der Waals surface area (Å²) in [6.45, 7) is 6.95. The summed E-state index contributed by atoms with van der Waals surface area (Å²) in [4.78, 5) is 30.4. The highest BCUT2D eigenvalue weighted by molar-refractivity contribution is 5.73. The minimum Gasteiger partial charge on any atom is -0.368 e. The summed E-state index contributed by atoms with van der Waals surface area (Å²) in [5, 5.41) is 0. The Morgan fingerprint density at radius 3 is 2.55 bits per heavy atom. The number of hydrogen-bond acceptors (Lipinski definition) is 7. The second-order valence-electron chi connectivity index (χ2n) is 5.82. The van der Waals surface area contributed by atoms with Gasteiger partial charge in [-0.05, 0) is 13.3 Å². The van der Waals surface area contributed by atoms with E-state index in [4.69, 9.17) is 5.73 Å². The third-order valence-corrected chi connectivity index (χ3v) is 3.96. The molecule has 1 saturated heterocycles. The van der Waals surface area contributed by atoms with Gasteiger partial charge in [0.25, 0.3) is 0 Å². The van der Waals surface area contributed by atoms with Crippen LogP contribution in [-0.2, 0) is 4.79 Å². The smallest absolute Gasteiger partial charge is 0.229 e. The predicted molar refractivity (Wildman–Crippen MR) is 85.4 cm³/mol. The van der Waals surface area contributed by atoms with Crippen molar-refractivity contribution in [3.05, 3.63) is 5.82 Å². The molecular weight excluding hydrogens is 282 g/mol. The molecular formula is C14H25N7O. The van der Waals surface area contributed by atoms with Gasteiger partial charge in [-0.3, -0.25) is 9.69 Å². The number of anilines is 2. The fourth-order valence-electron chi connectivity index (χ4n) is 2.59. The van der Waals surface area contributed by atoms with Gasteiger partial charge in [-0.1, -0.05) is 0 Å². The minimum atomic E-state index is 0.0379. The molecule has 1 aliphatic heterocycles. The molecule has 0 radical (unpaired) electrons. The summed E-state index contributed by atoms with van der Waals surface area (Å²) < 4.78 is 0. The van der Waals surface area contributed by atoms with Crippen LogP contribution in [0.25, 0.3) is 0 Å². The van der Waals surface area contributed by atoms with Gasteiger partial charge < -0.3 is 15.5 Å². The first kappa shape index (κ1) is 16.4. The number of nitrogen functional groups attached to an aromatic ring is 1. The monoisotopic (exact) mass is 307 g/mol. The Hall–Kier alpha value is -1.96. The van der Waals surface area contributed by atoms with Gasteiger partial charge in [0.15, 0.2) is 5.82 Å². The average molecular weight is 307 g/mol. The van der Waals surface area contributed by atoms with Crippen LogP contribution in [-0.4, -0.2) is 70.9 Å². The van der Waals surface area contributed by atoms with Crippen LogP contribution in [0.5, 0.6) is 0 Å². The molecule has 1 amide bonds. The van der Waals surface area contributed by atoms with Crippen LogP contribution in [0, 0.1) is 0 Å². The lowest BCUT2D eigenvalue weighted by molar-refractivity contribution is -0.128. The number of carbonyl (C=O) groups is 1. The third kappa shape index (κ3) is 3.82. The molecule has 0 saturated carbocycles. The van der Waals surface area contributed by atoms with Crippen LogP contribution in [0.2, 0.25) is 0 Å². The molecule has 2 heterocycles. The normalized spacial score (nSPS) is 17.9. The number of carbonyl (C=O) groups excluding carboxylic acids is 1. The minimum absolute atomic E-state index is 0.0379. The number of rotatable bonds is 3. The molecule has 8 nitrogen and oxygen atoms in total. The summed E-state index contributed by atoms with van der Waals surface area (Å²) in [6.07, 6.45) is 0.949. The van der Waals surface area contributed by atoms with E-state index in [2.05, 4.69) is 26.8 Å². The van der Waals surface area contributed by atoms with Gasteiger partial charge in [-0.2, -0.15) is 15.0 Å². The summed E-state index contributed by atoms with van der Waals surface area (Å²) in [5.41, 5.74) is 5.80. The molecule has 0 unspecified atom stereocenters. The van der Waals surface area contributed by atoms with Gasteiger partial charge in [0.05, 0.1) is 6.04 Å². The van der Waals surface area contributed by atoms with E-state index in [0.29, 0.717) is 11.8 Å². The maximum absolute atomic E-state index is 11.5. The van der Waals surface area contributed by atoms with Gasteiger partial charge in [0.1, 0.15) is 0 Å². The Bertz CT molecular complexity index is 534. The third-order valence-electron chi connectivity index (χ3n) is 3.96. The van der Waals surface area contributed by atoms with E-state index in [-0.39, 0.29) is 17.9 Å².